The number of thiazole rings is 1. The zero-order valence-electron chi connectivity index (χ0n) is 6.50. The lowest BCUT2D eigenvalue weighted by Crippen LogP contribution is -1.80. The Bertz CT molecular complexity index is 391. The topological polar surface area (TPSA) is 12.9 Å². The van der Waals surface area contributed by atoms with E-state index >= 15 is 0 Å². The quantitative estimate of drug-likeness (QED) is 0.718. The Morgan fingerprint density at radius 2 is 1.85 bits per heavy atom. The molecule has 0 amide bonds. The van der Waals surface area contributed by atoms with Crippen molar-refractivity contribution >= 4 is 34.5 Å². The summed E-state index contributed by atoms with van der Waals surface area (Å²) in [5.74, 6) is 0. The molecule has 0 unspecified atom stereocenters. The SMILES string of the molecule is Clc1cccc(Cl)c1-c1cscn1. The second-order valence-electron chi connectivity index (χ2n) is 2.47. The molecule has 2 rings (SSSR count). The van der Waals surface area contributed by atoms with E-state index < -0.39 is 0 Å². The molecule has 0 aliphatic rings. The second-order valence-corrected chi connectivity index (χ2v) is 4.00. The van der Waals surface area contributed by atoms with Gasteiger partial charge in [-0.3, -0.25) is 0 Å². The Labute approximate surface area is 90.0 Å². The van der Waals surface area contributed by atoms with Gasteiger partial charge in [-0.25, -0.2) is 4.98 Å². The van der Waals surface area contributed by atoms with E-state index in [1.807, 2.05) is 23.6 Å². The van der Waals surface area contributed by atoms with Gasteiger partial charge in [-0.1, -0.05) is 29.3 Å². The van der Waals surface area contributed by atoms with E-state index in [9.17, 15) is 0 Å². The molecule has 0 saturated heterocycles. The van der Waals surface area contributed by atoms with E-state index in [0.29, 0.717) is 10.0 Å². The number of halogens is 2. The number of benzene rings is 1. The highest BCUT2D eigenvalue weighted by Crippen LogP contribution is 2.33. The second kappa shape index (κ2) is 3.66. The van der Waals surface area contributed by atoms with Crippen LogP contribution in [0, 0.1) is 0 Å². The lowest BCUT2D eigenvalue weighted by Gasteiger charge is -2.02. The zero-order chi connectivity index (χ0) is 9.26. The van der Waals surface area contributed by atoms with Crippen LogP contribution in [0.2, 0.25) is 10.0 Å². The largest absolute Gasteiger partial charge is 0.245 e. The summed E-state index contributed by atoms with van der Waals surface area (Å²) < 4.78 is 0. The molecule has 0 N–H and O–H groups in total. The maximum Gasteiger partial charge on any atom is 0.0841 e. The molecule has 0 aliphatic carbocycles. The summed E-state index contributed by atoms with van der Waals surface area (Å²) in [6.07, 6.45) is 0. The highest BCUT2D eigenvalue weighted by atomic mass is 35.5. The molecule has 66 valence electrons. The minimum absolute atomic E-state index is 0.637. The molecule has 0 bridgehead atoms. The van der Waals surface area contributed by atoms with Crippen LogP contribution in [-0.2, 0) is 0 Å². The fourth-order valence-electron chi connectivity index (χ4n) is 1.08. The van der Waals surface area contributed by atoms with Gasteiger partial charge >= 0.3 is 0 Å². The van der Waals surface area contributed by atoms with Gasteiger partial charge in [-0.05, 0) is 12.1 Å². The van der Waals surface area contributed by atoms with Gasteiger partial charge in [0.25, 0.3) is 0 Å². The normalized spacial score (nSPS) is 10.3. The molecular weight excluding hydrogens is 225 g/mol. The van der Waals surface area contributed by atoms with Gasteiger partial charge in [0, 0.05) is 10.9 Å². The third-order valence-corrected chi connectivity index (χ3v) is 2.87. The van der Waals surface area contributed by atoms with Crippen molar-refractivity contribution in [2.75, 3.05) is 0 Å². The van der Waals surface area contributed by atoms with Crippen molar-refractivity contribution in [3.05, 3.63) is 39.1 Å². The lowest BCUT2D eigenvalue weighted by atomic mass is 10.2. The zero-order valence-corrected chi connectivity index (χ0v) is 8.83. The Balaban J connectivity index is 2.64. The van der Waals surface area contributed by atoms with Crippen LogP contribution in [0.5, 0.6) is 0 Å². The molecule has 0 radical (unpaired) electrons. The van der Waals surface area contributed by atoms with Crippen molar-refractivity contribution in [3.8, 4) is 11.3 Å². The molecular formula is C9H5Cl2NS. The number of hydrogen-bond acceptors (Lipinski definition) is 2. The smallest absolute Gasteiger partial charge is 0.0841 e. The Morgan fingerprint density at radius 3 is 2.38 bits per heavy atom. The van der Waals surface area contributed by atoms with Crippen LogP contribution in [0.25, 0.3) is 11.3 Å². The maximum atomic E-state index is 6.00. The summed E-state index contributed by atoms with van der Waals surface area (Å²) in [7, 11) is 0. The van der Waals surface area contributed by atoms with E-state index in [0.717, 1.165) is 11.3 Å². The maximum absolute atomic E-state index is 6.00. The number of aromatic nitrogens is 1. The van der Waals surface area contributed by atoms with Gasteiger partial charge in [0.2, 0.25) is 0 Å². The van der Waals surface area contributed by atoms with Crippen LogP contribution in [0.15, 0.2) is 29.1 Å². The van der Waals surface area contributed by atoms with Crippen LogP contribution in [0.1, 0.15) is 0 Å². The molecule has 0 fully saturated rings. The summed E-state index contributed by atoms with van der Waals surface area (Å²) in [4.78, 5) is 4.16. The standard InChI is InChI=1S/C9H5Cl2NS/c10-6-2-1-3-7(11)9(6)8-4-13-5-12-8/h1-5H. The fraction of sp³-hybridized carbons (Fsp3) is 0. The van der Waals surface area contributed by atoms with E-state index in [-0.39, 0.29) is 0 Å². The molecule has 1 heterocycles. The molecule has 0 atom stereocenters. The van der Waals surface area contributed by atoms with Crippen molar-refractivity contribution in [2.45, 2.75) is 0 Å². The van der Waals surface area contributed by atoms with Crippen molar-refractivity contribution < 1.29 is 0 Å². The minimum Gasteiger partial charge on any atom is -0.245 e. The van der Waals surface area contributed by atoms with Crippen molar-refractivity contribution in [2.24, 2.45) is 0 Å². The first kappa shape index (κ1) is 9.00. The molecule has 4 heteroatoms. The molecule has 2 aromatic rings. The van der Waals surface area contributed by atoms with Gasteiger partial charge < -0.3 is 0 Å². The van der Waals surface area contributed by atoms with E-state index in [1.54, 1.807) is 5.51 Å². The van der Waals surface area contributed by atoms with Crippen LogP contribution in [0.3, 0.4) is 0 Å². The third-order valence-electron chi connectivity index (χ3n) is 1.65. The van der Waals surface area contributed by atoms with Crippen LogP contribution in [-0.4, -0.2) is 4.98 Å². The van der Waals surface area contributed by atoms with Crippen LogP contribution >= 0.6 is 34.5 Å². The monoisotopic (exact) mass is 229 g/mol. The molecule has 0 aliphatic heterocycles. The number of rotatable bonds is 1. The van der Waals surface area contributed by atoms with E-state index in [1.165, 1.54) is 11.3 Å². The van der Waals surface area contributed by atoms with Crippen LogP contribution < -0.4 is 0 Å². The summed E-state index contributed by atoms with van der Waals surface area (Å²) in [5.41, 5.74) is 3.40. The van der Waals surface area contributed by atoms with Crippen molar-refractivity contribution in [3.63, 3.8) is 0 Å². The Morgan fingerprint density at radius 1 is 1.15 bits per heavy atom. The van der Waals surface area contributed by atoms with Gasteiger partial charge in [-0.15, -0.1) is 11.3 Å². The number of nitrogens with zero attached hydrogens (tertiary/aromatic N) is 1. The predicted molar refractivity (Wildman–Crippen MR) is 57.6 cm³/mol. The van der Waals surface area contributed by atoms with Crippen molar-refractivity contribution in [1.82, 2.24) is 4.98 Å². The number of hydrogen-bond donors (Lipinski definition) is 0. The van der Waals surface area contributed by atoms with Crippen LogP contribution in [0.4, 0.5) is 0 Å². The lowest BCUT2D eigenvalue weighted by molar-refractivity contribution is 1.41. The summed E-state index contributed by atoms with van der Waals surface area (Å²) in [6, 6.07) is 5.44. The summed E-state index contributed by atoms with van der Waals surface area (Å²) in [6.45, 7) is 0. The predicted octanol–water partition coefficient (Wildman–Crippen LogP) is 4.12. The highest BCUT2D eigenvalue weighted by Gasteiger charge is 2.08. The highest BCUT2D eigenvalue weighted by molar-refractivity contribution is 7.07. The molecule has 0 spiro atoms. The van der Waals surface area contributed by atoms with Gasteiger partial charge in [0.15, 0.2) is 0 Å². The molecule has 0 saturated carbocycles. The minimum atomic E-state index is 0.637. The molecule has 13 heavy (non-hydrogen) atoms. The first-order valence-electron chi connectivity index (χ1n) is 3.61. The first-order valence-corrected chi connectivity index (χ1v) is 5.31. The van der Waals surface area contributed by atoms with Gasteiger partial charge in [-0.2, -0.15) is 0 Å². The fourth-order valence-corrected chi connectivity index (χ4v) is 2.21. The third kappa shape index (κ3) is 1.70. The summed E-state index contributed by atoms with van der Waals surface area (Å²) >= 11 is 13.5. The summed E-state index contributed by atoms with van der Waals surface area (Å²) in [5, 5.41) is 3.20. The van der Waals surface area contributed by atoms with E-state index in [4.69, 9.17) is 23.2 Å². The van der Waals surface area contributed by atoms with Gasteiger partial charge in [0.1, 0.15) is 0 Å². The average Bonchev–Trinajstić information content (AvgIpc) is 2.57. The molecule has 1 nitrogen and oxygen atoms in total. The molecule has 1 aromatic carbocycles. The van der Waals surface area contributed by atoms with Crippen molar-refractivity contribution in [1.29, 1.82) is 0 Å². The molecule has 1 aromatic heterocycles. The average molecular weight is 230 g/mol. The van der Waals surface area contributed by atoms with Gasteiger partial charge in [0.05, 0.1) is 21.2 Å². The Kier molecular flexibility index (Phi) is 2.54. The van der Waals surface area contributed by atoms with E-state index in [2.05, 4.69) is 4.98 Å². The first-order chi connectivity index (χ1) is 6.29. The Hall–Kier alpha value is -0.570.